The zero-order valence-corrected chi connectivity index (χ0v) is 17.0. The van der Waals surface area contributed by atoms with Crippen LogP contribution in [0.3, 0.4) is 0 Å². The summed E-state index contributed by atoms with van der Waals surface area (Å²) in [5.74, 6) is -1.13. The molecule has 3 fully saturated rings. The first-order valence-electron chi connectivity index (χ1n) is 10.2. The van der Waals surface area contributed by atoms with Crippen molar-refractivity contribution in [3.63, 3.8) is 0 Å². The molecule has 3 rings (SSSR count). The van der Waals surface area contributed by atoms with E-state index in [1.165, 1.54) is 6.92 Å². The fourth-order valence-electron chi connectivity index (χ4n) is 6.88. The van der Waals surface area contributed by atoms with Gasteiger partial charge in [0.15, 0.2) is 5.78 Å². The van der Waals surface area contributed by atoms with Gasteiger partial charge in [0.05, 0.1) is 6.61 Å². The Bertz CT molecular complexity index is 639. The van der Waals surface area contributed by atoms with E-state index in [1.807, 2.05) is 0 Å². The van der Waals surface area contributed by atoms with E-state index in [1.54, 1.807) is 0 Å². The number of hydrogen-bond donors (Lipinski definition) is 2. The van der Waals surface area contributed by atoms with Crippen molar-refractivity contribution in [1.82, 2.24) is 0 Å². The van der Waals surface area contributed by atoms with Crippen molar-refractivity contribution in [3.8, 4) is 0 Å². The van der Waals surface area contributed by atoms with E-state index in [0.29, 0.717) is 18.4 Å². The predicted octanol–water partition coefficient (Wildman–Crippen LogP) is 2.89. The summed E-state index contributed by atoms with van der Waals surface area (Å²) in [5.41, 5.74) is 0.272. The summed E-state index contributed by atoms with van der Waals surface area (Å²) in [7, 11) is 0. The lowest BCUT2D eigenvalue weighted by atomic mass is 9.42. The van der Waals surface area contributed by atoms with Crippen LogP contribution in [-0.4, -0.2) is 40.8 Å². The molecule has 0 aromatic heterocycles. The molecule has 0 radical (unpaired) electrons. The van der Waals surface area contributed by atoms with E-state index in [9.17, 15) is 19.8 Å². The van der Waals surface area contributed by atoms with Gasteiger partial charge in [0, 0.05) is 24.7 Å². The standard InChI is InChI=1S/C22H34O5/c1-12(11-23)14-9-15-17(16(10-14)27-13(2)24)22(5)8-6-7-21(3,4)20(22)19(26)18(15)25/h14-17,19-20,23,26H,1,6-11H2,2-5H3. The molecule has 5 heteroatoms. The zero-order chi connectivity index (χ0) is 20.1. The van der Waals surface area contributed by atoms with Crippen molar-refractivity contribution in [3.05, 3.63) is 12.2 Å². The number of carbonyl (C=O) groups excluding carboxylic acids is 2. The lowest BCUT2D eigenvalue weighted by Crippen LogP contribution is -2.65. The van der Waals surface area contributed by atoms with Gasteiger partial charge in [0.25, 0.3) is 0 Å². The number of esters is 1. The van der Waals surface area contributed by atoms with Gasteiger partial charge >= 0.3 is 5.97 Å². The summed E-state index contributed by atoms with van der Waals surface area (Å²) in [4.78, 5) is 25.1. The summed E-state index contributed by atoms with van der Waals surface area (Å²) in [6, 6.07) is 0. The van der Waals surface area contributed by atoms with E-state index >= 15 is 0 Å². The molecule has 0 heterocycles. The van der Waals surface area contributed by atoms with E-state index in [0.717, 1.165) is 19.3 Å². The third kappa shape index (κ3) is 3.27. The molecule has 0 aliphatic heterocycles. The van der Waals surface area contributed by atoms with Gasteiger partial charge in [0.2, 0.25) is 0 Å². The number of Topliss-reactive ketones (excluding diaryl/α,β-unsaturated/α-hetero) is 1. The maximum absolute atomic E-state index is 13.2. The first-order valence-corrected chi connectivity index (χ1v) is 10.2. The summed E-state index contributed by atoms with van der Waals surface area (Å²) in [5, 5.41) is 20.6. The van der Waals surface area contributed by atoms with Crippen LogP contribution in [0, 0.1) is 34.5 Å². The van der Waals surface area contributed by atoms with Crippen molar-refractivity contribution in [2.24, 2.45) is 34.5 Å². The molecule has 0 aromatic carbocycles. The number of aliphatic hydroxyl groups excluding tert-OH is 2. The van der Waals surface area contributed by atoms with Crippen LogP contribution in [-0.2, 0) is 14.3 Å². The van der Waals surface area contributed by atoms with Crippen molar-refractivity contribution >= 4 is 11.8 Å². The summed E-state index contributed by atoms with van der Waals surface area (Å²) in [6.45, 7) is 11.7. The molecule has 5 nitrogen and oxygen atoms in total. The number of aliphatic hydroxyl groups is 2. The number of ether oxygens (including phenoxy) is 1. The van der Waals surface area contributed by atoms with Crippen molar-refractivity contribution in [2.75, 3.05) is 6.61 Å². The smallest absolute Gasteiger partial charge is 0.302 e. The van der Waals surface area contributed by atoms with Gasteiger partial charge < -0.3 is 14.9 Å². The van der Waals surface area contributed by atoms with Crippen LogP contribution in [0.5, 0.6) is 0 Å². The Hall–Kier alpha value is -1.20. The molecular formula is C22H34O5. The number of hydrogen-bond acceptors (Lipinski definition) is 5. The van der Waals surface area contributed by atoms with Crippen molar-refractivity contribution in [2.45, 2.75) is 72.0 Å². The summed E-state index contributed by atoms with van der Waals surface area (Å²) < 4.78 is 5.76. The minimum Gasteiger partial charge on any atom is -0.462 e. The molecule has 7 unspecified atom stereocenters. The van der Waals surface area contributed by atoms with Crippen LogP contribution < -0.4 is 0 Å². The Morgan fingerprint density at radius 1 is 1.26 bits per heavy atom. The highest BCUT2D eigenvalue weighted by Gasteiger charge is 2.64. The second-order valence-electron chi connectivity index (χ2n) is 9.94. The van der Waals surface area contributed by atoms with E-state index in [-0.39, 0.29) is 59.0 Å². The Morgan fingerprint density at radius 2 is 1.93 bits per heavy atom. The first-order chi connectivity index (χ1) is 12.5. The highest BCUT2D eigenvalue weighted by atomic mass is 16.5. The predicted molar refractivity (Wildman–Crippen MR) is 102 cm³/mol. The molecule has 3 aliphatic carbocycles. The van der Waals surface area contributed by atoms with Crippen LogP contribution in [0.15, 0.2) is 12.2 Å². The highest BCUT2D eigenvalue weighted by molar-refractivity contribution is 5.87. The normalized spacial score (nSPS) is 43.4. The fourth-order valence-corrected chi connectivity index (χ4v) is 6.88. The quantitative estimate of drug-likeness (QED) is 0.583. The molecule has 2 N–H and O–H groups in total. The van der Waals surface area contributed by atoms with Gasteiger partial charge in [-0.3, -0.25) is 9.59 Å². The largest absolute Gasteiger partial charge is 0.462 e. The molecule has 0 saturated heterocycles. The highest BCUT2D eigenvalue weighted by Crippen LogP contribution is 2.63. The maximum Gasteiger partial charge on any atom is 0.302 e. The summed E-state index contributed by atoms with van der Waals surface area (Å²) in [6.07, 6.45) is 2.75. The molecule has 7 atom stereocenters. The number of ketones is 1. The number of fused-ring (bicyclic) bond motifs is 3. The lowest BCUT2D eigenvalue weighted by Gasteiger charge is -2.63. The van der Waals surface area contributed by atoms with Crippen molar-refractivity contribution < 1.29 is 24.5 Å². The molecule has 0 amide bonds. The number of carbonyl (C=O) groups is 2. The lowest BCUT2D eigenvalue weighted by molar-refractivity contribution is -0.207. The van der Waals surface area contributed by atoms with E-state index < -0.39 is 6.10 Å². The van der Waals surface area contributed by atoms with Gasteiger partial charge in [-0.15, -0.1) is 0 Å². The fraction of sp³-hybridized carbons (Fsp3) is 0.818. The van der Waals surface area contributed by atoms with Gasteiger partial charge in [-0.05, 0) is 48.0 Å². The van der Waals surface area contributed by atoms with Crippen LogP contribution in [0.25, 0.3) is 0 Å². The van der Waals surface area contributed by atoms with Crippen LogP contribution >= 0.6 is 0 Å². The molecule has 0 bridgehead atoms. The first kappa shape index (κ1) is 20.5. The van der Waals surface area contributed by atoms with Crippen molar-refractivity contribution in [1.29, 1.82) is 0 Å². The second kappa shape index (κ2) is 7.00. The molecule has 27 heavy (non-hydrogen) atoms. The molecule has 3 saturated carbocycles. The average Bonchev–Trinajstić information content (AvgIpc) is 2.57. The number of rotatable bonds is 3. The second-order valence-corrected chi connectivity index (χ2v) is 9.94. The maximum atomic E-state index is 13.2. The minimum absolute atomic E-state index is 0.0755. The molecule has 0 aromatic rings. The Kier molecular flexibility index (Phi) is 5.32. The summed E-state index contributed by atoms with van der Waals surface area (Å²) >= 11 is 0. The monoisotopic (exact) mass is 378 g/mol. The third-order valence-corrected chi connectivity index (χ3v) is 7.81. The zero-order valence-electron chi connectivity index (χ0n) is 17.0. The molecule has 3 aliphatic rings. The molecule has 0 spiro atoms. The van der Waals surface area contributed by atoms with Crippen LogP contribution in [0.4, 0.5) is 0 Å². The van der Waals surface area contributed by atoms with Crippen LogP contribution in [0.1, 0.15) is 59.8 Å². The van der Waals surface area contributed by atoms with Crippen LogP contribution in [0.2, 0.25) is 0 Å². The van der Waals surface area contributed by atoms with Gasteiger partial charge in [0.1, 0.15) is 12.2 Å². The van der Waals surface area contributed by atoms with E-state index in [4.69, 9.17) is 4.74 Å². The SMILES string of the molecule is C=C(CO)C1CC(OC(C)=O)C2C(C1)C(=O)C(O)C1C(C)(C)CCCC21C. The van der Waals surface area contributed by atoms with E-state index in [2.05, 4.69) is 27.4 Å². The van der Waals surface area contributed by atoms with Gasteiger partial charge in [-0.2, -0.15) is 0 Å². The Morgan fingerprint density at radius 3 is 2.52 bits per heavy atom. The topological polar surface area (TPSA) is 83.8 Å². The van der Waals surface area contributed by atoms with Gasteiger partial charge in [-0.25, -0.2) is 0 Å². The third-order valence-electron chi connectivity index (χ3n) is 7.81. The Balaban J connectivity index is 2.06. The Labute approximate surface area is 162 Å². The average molecular weight is 379 g/mol. The minimum atomic E-state index is -0.981. The molecular weight excluding hydrogens is 344 g/mol. The van der Waals surface area contributed by atoms with Gasteiger partial charge in [-0.1, -0.05) is 33.8 Å². The molecule has 152 valence electrons.